The number of aromatic nitrogens is 4. The second-order valence-corrected chi connectivity index (χ2v) is 7.44. The molecule has 2 aromatic heterocycles. The highest BCUT2D eigenvalue weighted by Crippen LogP contribution is 2.21. The quantitative estimate of drug-likeness (QED) is 0.428. The highest BCUT2D eigenvalue weighted by molar-refractivity contribution is 6.31. The third kappa shape index (κ3) is 5.42. The molecule has 7 nitrogen and oxygen atoms in total. The number of halogens is 3. The highest BCUT2D eigenvalue weighted by Gasteiger charge is 2.11. The van der Waals surface area contributed by atoms with Crippen molar-refractivity contribution in [1.29, 1.82) is 0 Å². The predicted molar refractivity (Wildman–Crippen MR) is 115 cm³/mol. The Morgan fingerprint density at radius 2 is 2.00 bits per heavy atom. The van der Waals surface area contributed by atoms with E-state index in [4.69, 9.17) is 27.9 Å². The van der Waals surface area contributed by atoms with E-state index in [-0.39, 0.29) is 23.4 Å². The van der Waals surface area contributed by atoms with Crippen LogP contribution in [0.1, 0.15) is 16.1 Å². The van der Waals surface area contributed by atoms with Crippen LogP contribution in [0.15, 0.2) is 67.1 Å². The largest absolute Gasteiger partial charge is 0.471 e. The van der Waals surface area contributed by atoms with Gasteiger partial charge >= 0.3 is 0 Å². The van der Waals surface area contributed by atoms with Crippen molar-refractivity contribution >= 4 is 34.8 Å². The fourth-order valence-electron chi connectivity index (χ4n) is 2.82. The lowest BCUT2D eigenvalue weighted by Crippen LogP contribution is -2.14. The van der Waals surface area contributed by atoms with Gasteiger partial charge in [-0.2, -0.15) is 10.2 Å². The second kappa shape index (κ2) is 9.20. The first-order chi connectivity index (χ1) is 15.0. The summed E-state index contributed by atoms with van der Waals surface area (Å²) in [5.74, 6) is -0.490. The minimum Gasteiger partial charge on any atom is -0.471 e. The summed E-state index contributed by atoms with van der Waals surface area (Å²) in [4.78, 5) is 12.5. The average Bonchev–Trinajstić information content (AvgIpc) is 3.38. The topological polar surface area (TPSA) is 74.0 Å². The Bertz CT molecular complexity index is 1220. The average molecular weight is 460 g/mol. The highest BCUT2D eigenvalue weighted by atomic mass is 35.5. The van der Waals surface area contributed by atoms with Crippen LogP contribution in [-0.2, 0) is 13.3 Å². The van der Waals surface area contributed by atoms with Crippen molar-refractivity contribution in [2.24, 2.45) is 0 Å². The van der Waals surface area contributed by atoms with Gasteiger partial charge in [0.15, 0.2) is 12.4 Å². The molecule has 4 aromatic rings. The van der Waals surface area contributed by atoms with Crippen LogP contribution in [0, 0.1) is 5.82 Å². The van der Waals surface area contributed by atoms with E-state index in [0.29, 0.717) is 23.0 Å². The van der Waals surface area contributed by atoms with Gasteiger partial charge in [-0.25, -0.2) is 9.07 Å². The smallest absolute Gasteiger partial charge is 0.276 e. The van der Waals surface area contributed by atoms with Gasteiger partial charge in [-0.05, 0) is 35.9 Å². The van der Waals surface area contributed by atoms with Crippen LogP contribution in [0.4, 0.5) is 10.1 Å². The third-order valence-corrected chi connectivity index (χ3v) is 4.74. The maximum Gasteiger partial charge on any atom is 0.276 e. The van der Waals surface area contributed by atoms with Gasteiger partial charge in [0.25, 0.3) is 5.91 Å². The van der Waals surface area contributed by atoms with Crippen LogP contribution in [0.5, 0.6) is 5.75 Å². The maximum absolute atomic E-state index is 13.2. The van der Waals surface area contributed by atoms with Gasteiger partial charge in [-0.15, -0.1) is 0 Å². The van der Waals surface area contributed by atoms with Crippen LogP contribution in [-0.4, -0.2) is 25.5 Å². The van der Waals surface area contributed by atoms with Crippen LogP contribution < -0.4 is 10.1 Å². The van der Waals surface area contributed by atoms with Crippen molar-refractivity contribution in [3.8, 4) is 5.75 Å². The van der Waals surface area contributed by atoms with Gasteiger partial charge in [-0.1, -0.05) is 35.3 Å². The van der Waals surface area contributed by atoms with Gasteiger partial charge in [-0.3, -0.25) is 9.48 Å². The van der Waals surface area contributed by atoms with E-state index in [1.54, 1.807) is 35.4 Å². The molecule has 4 rings (SSSR count). The summed E-state index contributed by atoms with van der Waals surface area (Å²) >= 11 is 11.6. The van der Waals surface area contributed by atoms with E-state index < -0.39 is 5.82 Å². The molecule has 31 heavy (non-hydrogen) atoms. The van der Waals surface area contributed by atoms with Crippen molar-refractivity contribution < 1.29 is 13.9 Å². The number of nitrogens with one attached hydrogen (secondary N) is 1. The first kappa shape index (κ1) is 20.9. The molecule has 0 aliphatic carbocycles. The lowest BCUT2D eigenvalue weighted by Gasteiger charge is -2.08. The van der Waals surface area contributed by atoms with Crippen LogP contribution in [0.3, 0.4) is 0 Å². The summed E-state index contributed by atoms with van der Waals surface area (Å²) in [6.07, 6.45) is 4.90. The molecular weight excluding hydrogens is 444 g/mol. The summed E-state index contributed by atoms with van der Waals surface area (Å²) in [6, 6.07) is 13.0. The Kier molecular flexibility index (Phi) is 6.20. The molecule has 0 saturated heterocycles. The molecule has 0 bridgehead atoms. The Hall–Kier alpha value is -3.36. The van der Waals surface area contributed by atoms with Gasteiger partial charge in [0.05, 0.1) is 22.8 Å². The monoisotopic (exact) mass is 459 g/mol. The minimum atomic E-state index is -0.524. The van der Waals surface area contributed by atoms with Gasteiger partial charge in [0.1, 0.15) is 11.6 Å². The van der Waals surface area contributed by atoms with Crippen LogP contribution in [0.25, 0.3) is 0 Å². The molecule has 0 spiro atoms. The number of nitrogens with zero attached hydrogens (tertiary/aromatic N) is 4. The molecule has 1 amide bonds. The summed E-state index contributed by atoms with van der Waals surface area (Å²) in [6.45, 7) is 0.562. The van der Waals surface area contributed by atoms with Gasteiger partial charge in [0.2, 0.25) is 0 Å². The van der Waals surface area contributed by atoms with Crippen LogP contribution in [0.2, 0.25) is 10.0 Å². The SMILES string of the molecule is O=C(Nc1cccc(Cn2cc(Cl)cn2)c1)c1ccn(COc2ccc(F)c(Cl)c2)n1. The molecule has 0 saturated carbocycles. The lowest BCUT2D eigenvalue weighted by atomic mass is 10.2. The summed E-state index contributed by atoms with van der Waals surface area (Å²) in [5, 5.41) is 11.7. The van der Waals surface area contributed by atoms with E-state index in [0.717, 1.165) is 5.56 Å². The number of ether oxygens (including phenoxy) is 1. The maximum atomic E-state index is 13.2. The van der Waals surface area contributed by atoms with Crippen molar-refractivity contribution in [2.75, 3.05) is 5.32 Å². The molecule has 0 unspecified atom stereocenters. The zero-order chi connectivity index (χ0) is 21.8. The normalized spacial score (nSPS) is 10.8. The van der Waals surface area contributed by atoms with E-state index in [2.05, 4.69) is 15.5 Å². The molecule has 0 fully saturated rings. The third-order valence-electron chi connectivity index (χ3n) is 4.26. The first-order valence-electron chi connectivity index (χ1n) is 9.16. The Morgan fingerprint density at radius 3 is 2.77 bits per heavy atom. The van der Waals surface area contributed by atoms with Crippen molar-refractivity contribution in [1.82, 2.24) is 19.6 Å². The Labute approximate surface area is 187 Å². The van der Waals surface area contributed by atoms with Gasteiger partial charge in [0, 0.05) is 24.1 Å². The number of rotatable bonds is 7. The molecule has 2 aromatic carbocycles. The number of anilines is 1. The number of hydrogen-bond donors (Lipinski definition) is 1. The summed E-state index contributed by atoms with van der Waals surface area (Å²) < 4.78 is 21.9. The molecule has 158 valence electrons. The van der Waals surface area contributed by atoms with Crippen molar-refractivity contribution in [3.05, 3.63) is 94.2 Å². The molecule has 0 radical (unpaired) electrons. The fourth-order valence-corrected chi connectivity index (χ4v) is 3.14. The van der Waals surface area contributed by atoms with Gasteiger partial charge < -0.3 is 10.1 Å². The number of hydrogen-bond acceptors (Lipinski definition) is 4. The fraction of sp³-hybridized carbons (Fsp3) is 0.0952. The molecule has 0 aliphatic rings. The number of amides is 1. The first-order valence-corrected chi connectivity index (χ1v) is 9.91. The van der Waals surface area contributed by atoms with Crippen LogP contribution >= 0.6 is 23.2 Å². The molecular formula is C21H16Cl2FN5O2. The predicted octanol–water partition coefficient (Wildman–Crippen LogP) is 4.86. The lowest BCUT2D eigenvalue weighted by molar-refractivity contribution is 0.102. The Balaban J connectivity index is 1.36. The summed E-state index contributed by atoms with van der Waals surface area (Å²) in [5.41, 5.74) is 1.81. The zero-order valence-electron chi connectivity index (χ0n) is 16.0. The molecule has 0 aliphatic heterocycles. The number of benzene rings is 2. The zero-order valence-corrected chi connectivity index (χ0v) is 17.5. The minimum absolute atomic E-state index is 0.0316. The number of carbonyl (C=O) groups excluding carboxylic acids is 1. The number of carbonyl (C=O) groups is 1. The second-order valence-electron chi connectivity index (χ2n) is 6.60. The molecule has 10 heteroatoms. The molecule has 2 heterocycles. The summed E-state index contributed by atoms with van der Waals surface area (Å²) in [7, 11) is 0. The van der Waals surface area contributed by atoms with Crippen molar-refractivity contribution in [2.45, 2.75) is 13.3 Å². The molecule has 1 N–H and O–H groups in total. The molecule has 0 atom stereocenters. The van der Waals surface area contributed by atoms with Crippen molar-refractivity contribution in [3.63, 3.8) is 0 Å². The Morgan fingerprint density at radius 1 is 1.13 bits per heavy atom. The van der Waals surface area contributed by atoms with E-state index >= 15 is 0 Å². The van der Waals surface area contributed by atoms with E-state index in [1.807, 2.05) is 18.2 Å². The van der Waals surface area contributed by atoms with E-state index in [1.165, 1.54) is 22.9 Å². The van der Waals surface area contributed by atoms with E-state index in [9.17, 15) is 9.18 Å². The standard InChI is InChI=1S/C21H16Cl2FN5O2/c22-15-10-25-29(12-15)11-14-2-1-3-16(8-14)26-21(30)20-6-7-28(27-20)13-31-17-4-5-19(24)18(23)9-17/h1-10,12H,11,13H2,(H,26,30).